The lowest BCUT2D eigenvalue weighted by Crippen LogP contribution is -2.30. The quantitative estimate of drug-likeness (QED) is 0.0222. The van der Waals surface area contributed by atoms with Crippen LogP contribution < -0.4 is 0 Å². The Bertz CT molecular complexity index is 1870. The molecular formula is C76H148O17P2. The topological polar surface area (TPSA) is 237 Å². The van der Waals surface area contributed by atoms with Crippen LogP contribution in [0.5, 0.6) is 0 Å². The number of carbonyl (C=O) groups is 4. The van der Waals surface area contributed by atoms with Gasteiger partial charge < -0.3 is 33.8 Å². The van der Waals surface area contributed by atoms with Gasteiger partial charge in [-0.15, -0.1) is 0 Å². The lowest BCUT2D eigenvalue weighted by molar-refractivity contribution is -0.161. The largest absolute Gasteiger partial charge is 0.472 e. The van der Waals surface area contributed by atoms with E-state index in [2.05, 4.69) is 55.4 Å². The van der Waals surface area contributed by atoms with Gasteiger partial charge in [0.15, 0.2) is 12.2 Å². The number of unbranched alkanes of at least 4 members (excludes halogenated alkanes) is 37. The number of phosphoric ester groups is 2. The molecule has 0 amide bonds. The van der Waals surface area contributed by atoms with Crippen molar-refractivity contribution in [1.29, 1.82) is 0 Å². The molecule has 0 spiro atoms. The minimum absolute atomic E-state index is 0.105. The molecule has 0 aliphatic heterocycles. The number of carbonyl (C=O) groups excluding carboxylic acids is 4. The molecule has 5 unspecified atom stereocenters. The van der Waals surface area contributed by atoms with Crippen molar-refractivity contribution < 1.29 is 80.2 Å². The van der Waals surface area contributed by atoms with Crippen LogP contribution >= 0.6 is 15.6 Å². The first kappa shape index (κ1) is 93.1. The lowest BCUT2D eigenvalue weighted by atomic mass is 9.99. The Balaban J connectivity index is 5.24. The molecule has 0 aliphatic rings. The van der Waals surface area contributed by atoms with Gasteiger partial charge in [-0.05, 0) is 49.4 Å². The highest BCUT2D eigenvalue weighted by Gasteiger charge is 2.30. The second-order valence-corrected chi connectivity index (χ2v) is 31.7. The monoisotopic (exact) mass is 1400 g/mol. The molecule has 0 rings (SSSR count). The number of aliphatic hydroxyl groups excluding tert-OH is 1. The molecule has 0 heterocycles. The summed E-state index contributed by atoms with van der Waals surface area (Å²) in [6, 6.07) is 0. The van der Waals surface area contributed by atoms with E-state index in [4.69, 9.17) is 37.0 Å². The van der Waals surface area contributed by atoms with Gasteiger partial charge in [0.2, 0.25) is 0 Å². The maximum absolute atomic E-state index is 13.1. The van der Waals surface area contributed by atoms with E-state index in [-0.39, 0.29) is 25.7 Å². The molecule has 0 bridgehead atoms. The van der Waals surface area contributed by atoms with Crippen molar-refractivity contribution in [3.8, 4) is 0 Å². The van der Waals surface area contributed by atoms with E-state index in [1.807, 2.05) is 0 Å². The molecule has 3 N–H and O–H groups in total. The highest BCUT2D eigenvalue weighted by Crippen LogP contribution is 2.45. The number of ether oxygens (including phenoxy) is 4. The van der Waals surface area contributed by atoms with Crippen LogP contribution in [0, 0.1) is 23.7 Å². The second kappa shape index (κ2) is 65.4. The molecule has 0 aromatic heterocycles. The standard InChI is InChI=1S/C76H148O17P2/c1-9-68(7)54-46-38-30-22-19-20-24-34-43-51-59-76(81)93-72(63-87-74(79)57-49-41-35-27-29-37-45-53-67(5)6)65-91-95(84,85)89-61-70(77)60-88-94(82,83)90-64-71(62-86-73(78)56-48-40-32-26-25-31-39-47-55-69(8)10-2)92-75(80)58-50-42-33-23-18-16-14-12-11-13-15-17-21-28-36-44-52-66(3)4/h66-72,77H,9-65H2,1-8H3,(H,82,83)(H,84,85)/t68?,69?,70?,71-,72-/m1/s1. The summed E-state index contributed by atoms with van der Waals surface area (Å²) in [6.07, 6.45) is 49.9. The first-order chi connectivity index (χ1) is 45.7. The van der Waals surface area contributed by atoms with Crippen LogP contribution in [0.15, 0.2) is 0 Å². The zero-order valence-corrected chi connectivity index (χ0v) is 64.1. The minimum atomic E-state index is -4.96. The summed E-state index contributed by atoms with van der Waals surface area (Å²) in [4.78, 5) is 72.8. The Morgan fingerprint density at radius 1 is 0.295 bits per heavy atom. The zero-order valence-electron chi connectivity index (χ0n) is 62.3. The number of hydrogen-bond acceptors (Lipinski definition) is 15. The summed E-state index contributed by atoms with van der Waals surface area (Å²) in [5.41, 5.74) is 0. The van der Waals surface area contributed by atoms with E-state index in [0.717, 1.165) is 114 Å². The number of phosphoric acid groups is 2. The lowest BCUT2D eigenvalue weighted by Gasteiger charge is -2.21. The normalized spacial score (nSPS) is 14.7. The van der Waals surface area contributed by atoms with Gasteiger partial charge in [0, 0.05) is 25.7 Å². The van der Waals surface area contributed by atoms with Crippen LogP contribution in [0.4, 0.5) is 0 Å². The maximum Gasteiger partial charge on any atom is 0.472 e. The molecule has 0 aromatic rings. The van der Waals surface area contributed by atoms with Gasteiger partial charge in [-0.2, -0.15) is 0 Å². The smallest absolute Gasteiger partial charge is 0.462 e. The fraction of sp³-hybridized carbons (Fsp3) is 0.947. The van der Waals surface area contributed by atoms with Crippen molar-refractivity contribution in [3.05, 3.63) is 0 Å². The van der Waals surface area contributed by atoms with Crippen molar-refractivity contribution in [3.63, 3.8) is 0 Å². The predicted molar refractivity (Wildman–Crippen MR) is 386 cm³/mol. The van der Waals surface area contributed by atoms with E-state index in [1.54, 1.807) is 0 Å². The van der Waals surface area contributed by atoms with Gasteiger partial charge in [0.25, 0.3) is 0 Å². The van der Waals surface area contributed by atoms with Crippen LogP contribution in [0.25, 0.3) is 0 Å². The molecule has 0 aromatic carbocycles. The van der Waals surface area contributed by atoms with E-state index in [9.17, 15) is 43.2 Å². The molecule has 19 heteroatoms. The number of hydrogen-bond donors (Lipinski definition) is 3. The SMILES string of the molecule is CCC(C)CCCCCCCCCCCCC(=O)O[C@H](COC(=O)CCCCCCCCCC(C)C)COP(=O)(O)OCC(O)COP(=O)(O)OC[C@@H](COC(=O)CCCCCCCCCCC(C)CC)OC(=O)CCCCCCCCCCCCCCCCCCC(C)C. The van der Waals surface area contributed by atoms with Crippen LogP contribution in [-0.4, -0.2) is 96.7 Å². The summed E-state index contributed by atoms with van der Waals surface area (Å²) in [7, 11) is -9.91. The highest BCUT2D eigenvalue weighted by molar-refractivity contribution is 7.47. The van der Waals surface area contributed by atoms with Crippen LogP contribution in [-0.2, 0) is 65.4 Å². The summed E-state index contributed by atoms with van der Waals surface area (Å²) >= 11 is 0. The summed E-state index contributed by atoms with van der Waals surface area (Å²) in [5, 5.41) is 10.6. The molecule has 0 aliphatic carbocycles. The minimum Gasteiger partial charge on any atom is -0.462 e. The Morgan fingerprint density at radius 3 is 0.747 bits per heavy atom. The molecule has 0 radical (unpaired) electrons. The van der Waals surface area contributed by atoms with E-state index < -0.39 is 97.5 Å². The average Bonchev–Trinajstić information content (AvgIpc) is 1.37. The fourth-order valence-electron chi connectivity index (χ4n) is 11.5. The van der Waals surface area contributed by atoms with Crippen molar-refractivity contribution in [2.75, 3.05) is 39.6 Å². The van der Waals surface area contributed by atoms with Crippen LogP contribution in [0.2, 0.25) is 0 Å². The van der Waals surface area contributed by atoms with Crippen molar-refractivity contribution >= 4 is 39.5 Å². The molecule has 564 valence electrons. The van der Waals surface area contributed by atoms with Gasteiger partial charge in [0.05, 0.1) is 26.4 Å². The first-order valence-corrected chi connectivity index (χ1v) is 42.3. The van der Waals surface area contributed by atoms with Gasteiger partial charge in [-0.3, -0.25) is 37.3 Å². The van der Waals surface area contributed by atoms with Gasteiger partial charge in [0.1, 0.15) is 19.3 Å². The van der Waals surface area contributed by atoms with Crippen molar-refractivity contribution in [1.82, 2.24) is 0 Å². The summed E-state index contributed by atoms with van der Waals surface area (Å²) in [6.45, 7) is 14.2. The molecule has 0 saturated carbocycles. The zero-order chi connectivity index (χ0) is 70.3. The Morgan fingerprint density at radius 2 is 0.505 bits per heavy atom. The predicted octanol–water partition coefficient (Wildman–Crippen LogP) is 22.0. The summed E-state index contributed by atoms with van der Waals surface area (Å²) < 4.78 is 68.5. The Hall–Kier alpha value is -1.94. The molecule has 0 saturated heterocycles. The number of rotatable bonds is 73. The number of esters is 4. The third kappa shape index (κ3) is 67.6. The van der Waals surface area contributed by atoms with E-state index in [1.165, 1.54) is 180 Å². The van der Waals surface area contributed by atoms with E-state index >= 15 is 0 Å². The highest BCUT2D eigenvalue weighted by atomic mass is 31.2. The van der Waals surface area contributed by atoms with Crippen LogP contribution in [0.1, 0.15) is 383 Å². The van der Waals surface area contributed by atoms with E-state index in [0.29, 0.717) is 31.6 Å². The first-order valence-electron chi connectivity index (χ1n) is 39.3. The van der Waals surface area contributed by atoms with Gasteiger partial charge in [-0.25, -0.2) is 9.13 Å². The average molecular weight is 1400 g/mol. The molecular weight excluding hydrogens is 1250 g/mol. The Kier molecular flexibility index (Phi) is 64.0. The number of aliphatic hydroxyl groups is 1. The summed E-state index contributed by atoms with van der Waals surface area (Å²) in [5.74, 6) is 0.973. The molecule has 0 fully saturated rings. The third-order valence-corrected chi connectivity index (χ3v) is 20.2. The molecule has 7 atom stereocenters. The third-order valence-electron chi connectivity index (χ3n) is 18.3. The van der Waals surface area contributed by atoms with Crippen molar-refractivity contribution in [2.24, 2.45) is 23.7 Å². The molecule has 95 heavy (non-hydrogen) atoms. The fourth-order valence-corrected chi connectivity index (χ4v) is 13.1. The second-order valence-electron chi connectivity index (χ2n) is 28.8. The van der Waals surface area contributed by atoms with Crippen molar-refractivity contribution in [2.45, 2.75) is 401 Å². The Labute approximate surface area is 581 Å². The van der Waals surface area contributed by atoms with Crippen LogP contribution in [0.3, 0.4) is 0 Å². The van der Waals surface area contributed by atoms with Gasteiger partial charge in [-0.1, -0.05) is 331 Å². The molecule has 17 nitrogen and oxygen atoms in total. The maximum atomic E-state index is 13.1. The van der Waals surface area contributed by atoms with Gasteiger partial charge >= 0.3 is 39.5 Å².